The molecule has 5 heteroatoms. The number of nitrogens with one attached hydrogen (secondary N) is 1. The second kappa shape index (κ2) is 8.15. The molecule has 0 rings (SSSR count). The van der Waals surface area contributed by atoms with Crippen LogP contribution in [-0.2, 0) is 14.3 Å². The van der Waals surface area contributed by atoms with E-state index in [0.29, 0.717) is 19.0 Å². The summed E-state index contributed by atoms with van der Waals surface area (Å²) in [7, 11) is 1.36. The highest BCUT2D eigenvalue weighted by atomic mass is 16.5. The highest BCUT2D eigenvalue weighted by Gasteiger charge is 2.18. The minimum atomic E-state index is -0.287. The Morgan fingerprint density at radius 2 is 1.84 bits per heavy atom. The first-order valence-electron chi connectivity index (χ1n) is 6.75. The van der Waals surface area contributed by atoms with Gasteiger partial charge in [0.15, 0.2) is 0 Å². The highest BCUT2D eigenvalue weighted by molar-refractivity contribution is 5.79. The minimum Gasteiger partial charge on any atom is -0.469 e. The number of nitrogens with zero attached hydrogens (tertiary/aromatic N) is 1. The number of ether oxygens (including phenoxy) is 1. The van der Waals surface area contributed by atoms with Crippen LogP contribution in [-0.4, -0.2) is 49.1 Å². The summed E-state index contributed by atoms with van der Waals surface area (Å²) in [5, 5.41) is 3.17. The smallest absolute Gasteiger partial charge is 0.307 e. The maximum atomic E-state index is 12.1. The molecule has 112 valence electrons. The second-order valence-corrected chi connectivity index (χ2v) is 6.16. The fourth-order valence-electron chi connectivity index (χ4n) is 1.54. The Labute approximate surface area is 116 Å². The average Bonchev–Trinajstić information content (AvgIpc) is 2.29. The van der Waals surface area contributed by atoms with E-state index in [1.807, 2.05) is 20.8 Å². The van der Waals surface area contributed by atoms with Crippen molar-refractivity contribution in [2.75, 3.05) is 26.7 Å². The third kappa shape index (κ3) is 9.47. The maximum absolute atomic E-state index is 12.1. The summed E-state index contributed by atoms with van der Waals surface area (Å²) in [6, 6.07) is 0. The van der Waals surface area contributed by atoms with Gasteiger partial charge in [-0.3, -0.25) is 9.59 Å². The molecule has 0 aliphatic heterocycles. The third-order valence-corrected chi connectivity index (χ3v) is 2.52. The molecular formula is C14H28N2O3. The van der Waals surface area contributed by atoms with Crippen LogP contribution in [0.5, 0.6) is 0 Å². The molecule has 0 atom stereocenters. The lowest BCUT2D eigenvalue weighted by atomic mass is 10.1. The second-order valence-electron chi connectivity index (χ2n) is 6.16. The molecule has 0 unspecified atom stereocenters. The zero-order valence-electron chi connectivity index (χ0n) is 13.1. The molecule has 0 aromatic heterocycles. The first-order chi connectivity index (χ1) is 8.65. The lowest BCUT2D eigenvalue weighted by molar-refractivity contribution is -0.141. The van der Waals surface area contributed by atoms with Crippen molar-refractivity contribution >= 4 is 11.9 Å². The van der Waals surface area contributed by atoms with Crippen molar-refractivity contribution in [3.63, 3.8) is 0 Å². The van der Waals surface area contributed by atoms with Crippen LogP contribution in [0.3, 0.4) is 0 Å². The standard InChI is InChI=1S/C14H28N2O3/c1-11(2)10-16(8-7-13(18)19-6)12(17)9-15-14(3,4)5/h11,15H,7-10H2,1-6H3. The summed E-state index contributed by atoms with van der Waals surface area (Å²) in [6.07, 6.45) is 0.241. The zero-order valence-corrected chi connectivity index (χ0v) is 13.1. The fraction of sp³-hybridized carbons (Fsp3) is 0.857. The van der Waals surface area contributed by atoms with Crippen LogP contribution in [0, 0.1) is 5.92 Å². The molecule has 1 N–H and O–H groups in total. The van der Waals surface area contributed by atoms with Crippen LogP contribution >= 0.6 is 0 Å². The van der Waals surface area contributed by atoms with E-state index in [1.165, 1.54) is 7.11 Å². The number of methoxy groups -OCH3 is 1. The molecule has 0 saturated carbocycles. The molecule has 0 bridgehead atoms. The van der Waals surface area contributed by atoms with Crippen LogP contribution in [0.15, 0.2) is 0 Å². The fourth-order valence-corrected chi connectivity index (χ4v) is 1.54. The molecule has 19 heavy (non-hydrogen) atoms. The van der Waals surface area contributed by atoms with Gasteiger partial charge in [0.2, 0.25) is 5.91 Å². The van der Waals surface area contributed by atoms with Crippen molar-refractivity contribution in [2.45, 2.75) is 46.6 Å². The van der Waals surface area contributed by atoms with E-state index in [1.54, 1.807) is 4.90 Å². The first kappa shape index (κ1) is 17.9. The zero-order chi connectivity index (χ0) is 15.1. The van der Waals surface area contributed by atoms with Crippen molar-refractivity contribution in [1.29, 1.82) is 0 Å². The summed E-state index contributed by atoms with van der Waals surface area (Å²) in [6.45, 7) is 11.5. The summed E-state index contributed by atoms with van der Waals surface area (Å²) in [5.74, 6) is 0.106. The summed E-state index contributed by atoms with van der Waals surface area (Å²) >= 11 is 0. The van der Waals surface area contributed by atoms with Gasteiger partial charge in [-0.1, -0.05) is 13.8 Å². The Hall–Kier alpha value is -1.10. The molecule has 0 aliphatic rings. The molecule has 0 fully saturated rings. The van der Waals surface area contributed by atoms with Gasteiger partial charge in [0.05, 0.1) is 20.1 Å². The van der Waals surface area contributed by atoms with E-state index in [0.717, 1.165) is 0 Å². The number of rotatable bonds is 7. The van der Waals surface area contributed by atoms with E-state index in [2.05, 4.69) is 23.9 Å². The number of hydrogen-bond acceptors (Lipinski definition) is 4. The van der Waals surface area contributed by atoms with Gasteiger partial charge in [0.1, 0.15) is 0 Å². The topological polar surface area (TPSA) is 58.6 Å². The van der Waals surface area contributed by atoms with Crippen LogP contribution in [0.25, 0.3) is 0 Å². The van der Waals surface area contributed by atoms with Crippen LogP contribution < -0.4 is 5.32 Å². The molecule has 0 radical (unpaired) electrons. The minimum absolute atomic E-state index is 0.0209. The Morgan fingerprint density at radius 1 is 1.26 bits per heavy atom. The molecule has 0 saturated heterocycles. The molecule has 5 nitrogen and oxygen atoms in total. The Bertz CT molecular complexity index is 296. The van der Waals surface area contributed by atoms with Gasteiger partial charge in [0.25, 0.3) is 0 Å². The summed E-state index contributed by atoms with van der Waals surface area (Å²) < 4.78 is 4.61. The largest absolute Gasteiger partial charge is 0.469 e. The van der Waals surface area contributed by atoms with Gasteiger partial charge in [-0.05, 0) is 26.7 Å². The molecule has 1 amide bonds. The molecule has 0 aromatic rings. The SMILES string of the molecule is COC(=O)CCN(CC(C)C)C(=O)CNC(C)(C)C. The number of esters is 1. The number of amides is 1. The van der Waals surface area contributed by atoms with Crippen LogP contribution in [0.2, 0.25) is 0 Å². The van der Waals surface area contributed by atoms with Crippen LogP contribution in [0.1, 0.15) is 41.0 Å². The van der Waals surface area contributed by atoms with Crippen molar-refractivity contribution in [3.05, 3.63) is 0 Å². The lowest BCUT2D eigenvalue weighted by Gasteiger charge is -2.27. The monoisotopic (exact) mass is 272 g/mol. The average molecular weight is 272 g/mol. The Morgan fingerprint density at radius 3 is 2.26 bits per heavy atom. The molecule has 0 aliphatic carbocycles. The quantitative estimate of drug-likeness (QED) is 0.712. The van der Waals surface area contributed by atoms with E-state index in [4.69, 9.17) is 0 Å². The maximum Gasteiger partial charge on any atom is 0.307 e. The normalized spacial score (nSPS) is 11.5. The Balaban J connectivity index is 4.39. The summed E-state index contributed by atoms with van der Waals surface area (Å²) in [5.41, 5.74) is -0.0957. The van der Waals surface area contributed by atoms with Gasteiger partial charge < -0.3 is 15.0 Å². The molecular weight excluding hydrogens is 244 g/mol. The van der Waals surface area contributed by atoms with E-state index < -0.39 is 0 Å². The highest BCUT2D eigenvalue weighted by Crippen LogP contribution is 2.03. The third-order valence-electron chi connectivity index (χ3n) is 2.52. The number of hydrogen-bond donors (Lipinski definition) is 1. The molecule has 0 spiro atoms. The van der Waals surface area contributed by atoms with Crippen molar-refractivity contribution in [2.24, 2.45) is 5.92 Å². The predicted molar refractivity (Wildman–Crippen MR) is 75.8 cm³/mol. The molecule has 0 aromatic carbocycles. The lowest BCUT2D eigenvalue weighted by Crippen LogP contribution is -2.46. The first-order valence-corrected chi connectivity index (χ1v) is 6.75. The number of carbonyl (C=O) groups is 2. The number of carbonyl (C=O) groups excluding carboxylic acids is 2. The van der Waals surface area contributed by atoms with Gasteiger partial charge in [-0.25, -0.2) is 0 Å². The van der Waals surface area contributed by atoms with Gasteiger partial charge in [-0.2, -0.15) is 0 Å². The van der Waals surface area contributed by atoms with Gasteiger partial charge in [-0.15, -0.1) is 0 Å². The molecule has 0 heterocycles. The van der Waals surface area contributed by atoms with Crippen molar-refractivity contribution in [3.8, 4) is 0 Å². The van der Waals surface area contributed by atoms with E-state index in [-0.39, 0.29) is 30.4 Å². The summed E-state index contributed by atoms with van der Waals surface area (Å²) in [4.78, 5) is 25.0. The van der Waals surface area contributed by atoms with Crippen molar-refractivity contribution in [1.82, 2.24) is 10.2 Å². The Kier molecular flexibility index (Phi) is 7.68. The van der Waals surface area contributed by atoms with E-state index >= 15 is 0 Å². The predicted octanol–water partition coefficient (Wildman–Crippen LogP) is 1.42. The van der Waals surface area contributed by atoms with Gasteiger partial charge >= 0.3 is 5.97 Å². The van der Waals surface area contributed by atoms with E-state index in [9.17, 15) is 9.59 Å². The van der Waals surface area contributed by atoms with Gasteiger partial charge in [0, 0.05) is 18.6 Å². The van der Waals surface area contributed by atoms with Crippen LogP contribution in [0.4, 0.5) is 0 Å². The van der Waals surface area contributed by atoms with Crippen molar-refractivity contribution < 1.29 is 14.3 Å².